The van der Waals surface area contributed by atoms with Crippen molar-refractivity contribution < 1.29 is 0 Å². The number of nitrogens with one attached hydrogen (secondary N) is 1. The lowest BCUT2D eigenvalue weighted by atomic mass is 10.2. The van der Waals surface area contributed by atoms with E-state index in [0.717, 1.165) is 13.7 Å². The summed E-state index contributed by atoms with van der Waals surface area (Å²) >= 11 is 1.68. The van der Waals surface area contributed by atoms with E-state index in [9.17, 15) is 0 Å². The van der Waals surface area contributed by atoms with Crippen LogP contribution < -0.4 is 5.32 Å². The van der Waals surface area contributed by atoms with Crippen LogP contribution in [0.2, 0.25) is 0 Å². The number of hydrogen-bond acceptors (Lipinski definition) is 3. The fourth-order valence-electron chi connectivity index (χ4n) is 1.08. The van der Waals surface area contributed by atoms with Crippen LogP contribution in [0.1, 0.15) is 13.8 Å². The van der Waals surface area contributed by atoms with Crippen molar-refractivity contribution in [3.8, 4) is 0 Å². The second-order valence-electron chi connectivity index (χ2n) is 2.75. The molecule has 0 amide bonds. The Hall–Kier alpha value is -0.0100. The predicted molar refractivity (Wildman–Crippen MR) is 60.5 cm³/mol. The molecule has 4 heteroatoms. The highest BCUT2D eigenvalue weighted by atomic mass is 32.2. The lowest BCUT2D eigenvalue weighted by Crippen LogP contribution is -2.27. The van der Waals surface area contributed by atoms with Crippen molar-refractivity contribution in [1.82, 2.24) is 5.32 Å². The van der Waals surface area contributed by atoms with Gasteiger partial charge in [-0.1, -0.05) is 20.3 Å². The summed E-state index contributed by atoms with van der Waals surface area (Å²) in [5.41, 5.74) is 2.75. The first-order chi connectivity index (χ1) is 5.69. The molecular weight excluding hydrogens is 187 g/mol. The maximum atomic E-state index is 4.50. The largest absolute Gasteiger partial charge is 0.335 e. The van der Waals surface area contributed by atoms with E-state index in [1.54, 1.807) is 11.8 Å². The number of thioether (sulfide) groups is 1. The molecule has 1 aliphatic heterocycles. The first-order valence-electron chi connectivity index (χ1n) is 3.96. The fraction of sp³-hybridized carbons (Fsp3) is 0.625. The van der Waals surface area contributed by atoms with Crippen molar-refractivity contribution >= 4 is 25.5 Å². The van der Waals surface area contributed by atoms with E-state index in [2.05, 4.69) is 37.1 Å². The third-order valence-electron chi connectivity index (χ3n) is 2.01. The number of hydrogen-bond donors (Lipinski definition) is 1. The monoisotopic (exact) mass is 202 g/mol. The molecule has 0 aliphatic carbocycles. The molecule has 1 aliphatic rings. The van der Waals surface area contributed by atoms with Crippen molar-refractivity contribution in [3.63, 3.8) is 0 Å². The van der Waals surface area contributed by atoms with Crippen LogP contribution in [0, 0.1) is 0 Å². The Bertz CT molecular complexity index is 235. The maximum Gasteiger partial charge on any atom is 0.161 e. The summed E-state index contributed by atoms with van der Waals surface area (Å²) in [6.45, 7) is 6.50. The van der Waals surface area contributed by atoms with E-state index >= 15 is 0 Å². The quantitative estimate of drug-likeness (QED) is 0.659. The van der Waals surface area contributed by atoms with Crippen molar-refractivity contribution in [2.24, 2.45) is 4.99 Å². The normalized spacial score (nSPS) is 24.7. The molecule has 0 fully saturated rings. The van der Waals surface area contributed by atoms with E-state index < -0.39 is 0 Å². The molecule has 2 nitrogen and oxygen atoms in total. The van der Waals surface area contributed by atoms with Crippen molar-refractivity contribution in [1.29, 1.82) is 0 Å². The molecule has 0 spiro atoms. The summed E-state index contributed by atoms with van der Waals surface area (Å²) in [5, 5.41) is 4.39. The minimum atomic E-state index is 0.358. The molecule has 0 saturated heterocycles. The van der Waals surface area contributed by atoms with E-state index in [1.165, 1.54) is 11.0 Å². The van der Waals surface area contributed by atoms with Gasteiger partial charge in [-0.3, -0.25) is 4.99 Å². The third kappa shape index (κ3) is 2.02. The molecule has 1 heterocycles. The van der Waals surface area contributed by atoms with Gasteiger partial charge in [0.1, 0.15) is 0 Å². The molecule has 68 valence electrons. The summed E-state index contributed by atoms with van der Waals surface area (Å²) in [6, 6.07) is 0.358. The molecule has 0 bridgehead atoms. The van der Waals surface area contributed by atoms with Gasteiger partial charge >= 0.3 is 0 Å². The smallest absolute Gasteiger partial charge is 0.161 e. The Balaban J connectivity index is 2.81. The molecular formula is C8H15N2PS. The van der Waals surface area contributed by atoms with Gasteiger partial charge in [-0.25, -0.2) is 0 Å². The molecule has 0 aromatic carbocycles. The number of nitrogens with zero attached hydrogens (tertiary/aromatic N) is 1. The van der Waals surface area contributed by atoms with Crippen LogP contribution >= 0.6 is 20.3 Å². The molecule has 12 heavy (non-hydrogen) atoms. The van der Waals surface area contributed by atoms with Crippen molar-refractivity contribution in [2.45, 2.75) is 19.9 Å². The molecule has 0 radical (unpaired) electrons. The first-order valence-corrected chi connectivity index (χ1v) is 6.68. The fourth-order valence-corrected chi connectivity index (χ4v) is 2.49. The highest BCUT2D eigenvalue weighted by Gasteiger charge is 2.15. The lowest BCUT2D eigenvalue weighted by molar-refractivity contribution is 0.824. The first kappa shape index (κ1) is 10.1. The van der Waals surface area contributed by atoms with Crippen LogP contribution in [0.3, 0.4) is 0 Å². The Morgan fingerprint density at radius 1 is 1.58 bits per heavy atom. The van der Waals surface area contributed by atoms with Gasteiger partial charge in [0.05, 0.1) is 6.04 Å². The standard InChI is InChI=1S/C8H15N2PS/c1-5-6(2)9-8(12-4)10-7(5)11-3/h6,11H,1-4H3,(H,9,10). The number of amidine groups is 1. The van der Waals surface area contributed by atoms with E-state index in [0.29, 0.717) is 6.04 Å². The van der Waals surface area contributed by atoms with Crippen molar-refractivity contribution in [3.05, 3.63) is 11.0 Å². The highest BCUT2D eigenvalue weighted by molar-refractivity contribution is 8.13. The van der Waals surface area contributed by atoms with Gasteiger partial charge in [-0.2, -0.15) is 0 Å². The summed E-state index contributed by atoms with van der Waals surface area (Å²) in [7, 11) is 0.837. The lowest BCUT2D eigenvalue weighted by Gasteiger charge is -2.22. The summed E-state index contributed by atoms with van der Waals surface area (Å²) in [5.74, 6) is 0. The Morgan fingerprint density at radius 2 is 2.25 bits per heavy atom. The zero-order valence-corrected chi connectivity index (χ0v) is 9.75. The van der Waals surface area contributed by atoms with Crippen LogP contribution in [0.25, 0.3) is 0 Å². The van der Waals surface area contributed by atoms with Gasteiger partial charge in [-0.15, -0.1) is 0 Å². The minimum absolute atomic E-state index is 0.358. The van der Waals surface area contributed by atoms with Crippen LogP contribution in [-0.4, -0.2) is 24.1 Å². The predicted octanol–water partition coefficient (Wildman–Crippen LogP) is 2.24. The topological polar surface area (TPSA) is 24.4 Å². The van der Waals surface area contributed by atoms with Gasteiger partial charge in [0.25, 0.3) is 0 Å². The van der Waals surface area contributed by atoms with Gasteiger partial charge in [0, 0.05) is 5.44 Å². The van der Waals surface area contributed by atoms with Crippen LogP contribution in [-0.2, 0) is 0 Å². The second kappa shape index (κ2) is 4.29. The molecule has 1 rings (SSSR count). The summed E-state index contributed by atoms with van der Waals surface area (Å²) in [6.07, 6.45) is 2.05. The third-order valence-corrected chi connectivity index (χ3v) is 3.62. The van der Waals surface area contributed by atoms with Crippen molar-refractivity contribution in [2.75, 3.05) is 12.9 Å². The Kier molecular flexibility index (Phi) is 3.60. The molecule has 0 saturated carbocycles. The number of aliphatic imine (C=N–C) groups is 1. The zero-order chi connectivity index (χ0) is 9.14. The van der Waals surface area contributed by atoms with Crippen LogP contribution in [0.15, 0.2) is 16.0 Å². The molecule has 0 aromatic rings. The van der Waals surface area contributed by atoms with Gasteiger partial charge in [-0.05, 0) is 32.3 Å². The average molecular weight is 202 g/mol. The molecule has 2 unspecified atom stereocenters. The molecule has 2 atom stereocenters. The SMILES string of the molecule is CPC1=C(C)C(C)N=C(SC)N1. The molecule has 1 N–H and O–H groups in total. The minimum Gasteiger partial charge on any atom is -0.335 e. The van der Waals surface area contributed by atoms with Gasteiger partial charge in [0.2, 0.25) is 0 Å². The average Bonchev–Trinajstić information content (AvgIpc) is 2.09. The number of rotatable bonds is 1. The van der Waals surface area contributed by atoms with Gasteiger partial charge in [0.15, 0.2) is 5.17 Å². The second-order valence-corrected chi connectivity index (χ2v) is 4.54. The molecule has 0 aromatic heterocycles. The highest BCUT2D eigenvalue weighted by Crippen LogP contribution is 2.27. The van der Waals surface area contributed by atoms with E-state index in [1.807, 2.05) is 0 Å². The van der Waals surface area contributed by atoms with E-state index in [4.69, 9.17) is 0 Å². The van der Waals surface area contributed by atoms with Crippen LogP contribution in [0.5, 0.6) is 0 Å². The Labute approximate surface area is 80.1 Å². The Morgan fingerprint density at radius 3 is 2.75 bits per heavy atom. The summed E-state index contributed by atoms with van der Waals surface area (Å²) in [4.78, 5) is 4.50. The van der Waals surface area contributed by atoms with E-state index in [-0.39, 0.29) is 0 Å². The van der Waals surface area contributed by atoms with Crippen LogP contribution in [0.4, 0.5) is 0 Å². The zero-order valence-electron chi connectivity index (χ0n) is 7.93. The maximum absolute atomic E-state index is 4.50. The van der Waals surface area contributed by atoms with Gasteiger partial charge < -0.3 is 5.32 Å². The summed E-state index contributed by atoms with van der Waals surface area (Å²) < 4.78 is 0.